The molecule has 0 unspecified atom stereocenters. The fraction of sp³-hybridized carbons (Fsp3) is 0.200. The second-order valence-corrected chi connectivity index (χ2v) is 7.79. The molecule has 0 bridgehead atoms. The second kappa shape index (κ2) is 10.0. The van der Waals surface area contributed by atoms with Gasteiger partial charge in [0.15, 0.2) is 0 Å². The Morgan fingerprint density at radius 2 is 1.53 bits per heavy atom. The maximum atomic E-state index is 12.3. The molecular weight excluding hydrogens is 440 g/mol. The number of alkyl carbamates (subject to hydrolysis) is 1. The minimum atomic E-state index is -0.991. The fourth-order valence-electron chi connectivity index (χ4n) is 3.84. The molecule has 0 saturated heterocycles. The molecule has 0 spiro atoms. The number of benzene rings is 3. The highest BCUT2D eigenvalue weighted by molar-refractivity contribution is 5.79. The lowest BCUT2D eigenvalue weighted by atomic mass is 9.98. The molecule has 0 radical (unpaired) electrons. The van der Waals surface area contributed by atoms with E-state index in [1.807, 2.05) is 36.4 Å². The van der Waals surface area contributed by atoms with Crippen molar-refractivity contribution in [3.8, 4) is 16.9 Å². The number of nitrogens with one attached hydrogen (secondary N) is 1. The van der Waals surface area contributed by atoms with E-state index in [0.29, 0.717) is 0 Å². The molecule has 3 aromatic carbocycles. The largest absolute Gasteiger partial charge is 0.513 e. The van der Waals surface area contributed by atoms with Gasteiger partial charge in [-0.15, -0.1) is 0 Å². The number of carbonyl (C=O) groups is 2. The summed E-state index contributed by atoms with van der Waals surface area (Å²) in [6.45, 7) is 1.69. The summed E-state index contributed by atoms with van der Waals surface area (Å²) in [5.74, 6) is 0.0501. The van der Waals surface area contributed by atoms with Crippen LogP contribution in [-0.4, -0.2) is 36.4 Å². The minimum absolute atomic E-state index is 0.0543. The van der Waals surface area contributed by atoms with Crippen molar-refractivity contribution >= 4 is 17.9 Å². The van der Waals surface area contributed by atoms with Gasteiger partial charge in [-0.1, -0.05) is 48.5 Å². The molecule has 34 heavy (non-hydrogen) atoms. The second-order valence-electron chi connectivity index (χ2n) is 7.79. The number of hydrogen-bond donors (Lipinski definition) is 1. The Morgan fingerprint density at radius 3 is 2.12 bits per heavy atom. The van der Waals surface area contributed by atoms with Crippen LogP contribution in [0.3, 0.4) is 0 Å². The number of fused-ring (bicyclic) bond motifs is 3. The third kappa shape index (κ3) is 5.15. The van der Waals surface area contributed by atoms with Gasteiger partial charge in [-0.2, -0.15) is 0 Å². The quantitative estimate of drug-likeness (QED) is 0.226. The molecular formula is C25H22N2O7. The number of rotatable bonds is 7. The molecule has 0 fully saturated rings. The fourth-order valence-corrected chi connectivity index (χ4v) is 3.84. The zero-order valence-electron chi connectivity index (χ0n) is 18.3. The van der Waals surface area contributed by atoms with Gasteiger partial charge in [0.25, 0.3) is 5.69 Å². The maximum Gasteiger partial charge on any atom is 0.513 e. The van der Waals surface area contributed by atoms with Gasteiger partial charge in [0.05, 0.1) is 11.0 Å². The number of non-ortho nitro benzene ring substituents is 1. The first kappa shape index (κ1) is 22.8. The van der Waals surface area contributed by atoms with Crippen LogP contribution in [0.1, 0.15) is 24.0 Å². The summed E-state index contributed by atoms with van der Waals surface area (Å²) < 4.78 is 15.4. The molecule has 1 atom stereocenters. The Bertz CT molecular complexity index is 1160. The lowest BCUT2D eigenvalue weighted by Gasteiger charge is -2.17. The van der Waals surface area contributed by atoms with Gasteiger partial charge < -0.3 is 19.5 Å². The van der Waals surface area contributed by atoms with Crippen LogP contribution in [-0.2, 0) is 9.47 Å². The highest BCUT2D eigenvalue weighted by Gasteiger charge is 2.29. The molecule has 174 valence electrons. The summed E-state index contributed by atoms with van der Waals surface area (Å²) in [6.07, 6.45) is -1.61. The van der Waals surface area contributed by atoms with E-state index in [4.69, 9.17) is 14.2 Å². The monoisotopic (exact) mass is 462 g/mol. The molecule has 0 aromatic heterocycles. The van der Waals surface area contributed by atoms with Crippen molar-refractivity contribution in [2.75, 3.05) is 13.2 Å². The van der Waals surface area contributed by atoms with Crippen molar-refractivity contribution in [1.29, 1.82) is 0 Å². The third-order valence-corrected chi connectivity index (χ3v) is 5.41. The molecule has 4 rings (SSSR count). The van der Waals surface area contributed by atoms with Gasteiger partial charge in [0, 0.05) is 18.1 Å². The van der Waals surface area contributed by atoms with Crippen molar-refractivity contribution < 1.29 is 28.7 Å². The van der Waals surface area contributed by atoms with Gasteiger partial charge in [0.2, 0.25) is 0 Å². The summed E-state index contributed by atoms with van der Waals surface area (Å²) in [5.41, 5.74) is 4.38. The number of nitro benzene ring substituents is 1. The average Bonchev–Trinajstić information content (AvgIpc) is 3.15. The Hall–Kier alpha value is -4.40. The first-order chi connectivity index (χ1) is 16.4. The molecule has 9 nitrogen and oxygen atoms in total. The van der Waals surface area contributed by atoms with Crippen LogP contribution in [0.4, 0.5) is 15.3 Å². The summed E-state index contributed by atoms with van der Waals surface area (Å²) >= 11 is 0. The van der Waals surface area contributed by atoms with E-state index in [0.717, 1.165) is 22.3 Å². The first-order valence-electron chi connectivity index (χ1n) is 10.6. The van der Waals surface area contributed by atoms with Crippen LogP contribution in [0.5, 0.6) is 5.75 Å². The van der Waals surface area contributed by atoms with Crippen molar-refractivity contribution in [2.24, 2.45) is 0 Å². The van der Waals surface area contributed by atoms with Crippen LogP contribution < -0.4 is 10.1 Å². The van der Waals surface area contributed by atoms with E-state index in [-0.39, 0.29) is 30.6 Å². The van der Waals surface area contributed by atoms with E-state index >= 15 is 0 Å². The number of carbonyl (C=O) groups excluding carboxylic acids is 2. The zero-order chi connectivity index (χ0) is 24.1. The van der Waals surface area contributed by atoms with Gasteiger partial charge >= 0.3 is 12.2 Å². The summed E-state index contributed by atoms with van der Waals surface area (Å²) in [5, 5.41) is 13.3. The van der Waals surface area contributed by atoms with E-state index in [9.17, 15) is 19.7 Å². The Balaban J connectivity index is 1.24. The predicted molar refractivity (Wildman–Crippen MR) is 123 cm³/mol. The Kier molecular flexibility index (Phi) is 6.72. The number of hydrogen-bond acceptors (Lipinski definition) is 7. The summed E-state index contributed by atoms with van der Waals surface area (Å²) in [4.78, 5) is 34.2. The van der Waals surface area contributed by atoms with Gasteiger partial charge in [0.1, 0.15) is 19.0 Å². The SMILES string of the molecule is C[C@H](COC(=O)Oc1ccc([N+](=O)[O-])cc1)NC(=O)OCC1c2ccccc2-c2ccccc21. The van der Waals surface area contributed by atoms with Crippen molar-refractivity contribution in [1.82, 2.24) is 5.32 Å². The molecule has 1 aliphatic carbocycles. The minimum Gasteiger partial charge on any atom is -0.449 e. The summed E-state index contributed by atoms with van der Waals surface area (Å²) in [6, 6.07) is 20.6. The highest BCUT2D eigenvalue weighted by atomic mass is 16.7. The summed E-state index contributed by atoms with van der Waals surface area (Å²) in [7, 11) is 0. The van der Waals surface area contributed by atoms with Crippen LogP contribution in [0.15, 0.2) is 72.8 Å². The van der Waals surface area contributed by atoms with Crippen molar-refractivity contribution in [2.45, 2.75) is 18.9 Å². The van der Waals surface area contributed by atoms with Crippen molar-refractivity contribution in [3.05, 3.63) is 94.0 Å². The average molecular weight is 462 g/mol. The number of nitrogens with zero attached hydrogens (tertiary/aromatic N) is 1. The first-order valence-corrected chi connectivity index (χ1v) is 10.6. The van der Waals surface area contributed by atoms with E-state index in [1.165, 1.54) is 24.3 Å². The molecule has 0 heterocycles. The van der Waals surface area contributed by atoms with Crippen LogP contribution >= 0.6 is 0 Å². The van der Waals surface area contributed by atoms with Crippen molar-refractivity contribution in [3.63, 3.8) is 0 Å². The van der Waals surface area contributed by atoms with Gasteiger partial charge in [-0.25, -0.2) is 9.59 Å². The third-order valence-electron chi connectivity index (χ3n) is 5.41. The smallest absolute Gasteiger partial charge is 0.449 e. The Morgan fingerprint density at radius 1 is 0.941 bits per heavy atom. The molecule has 1 amide bonds. The molecule has 1 aliphatic rings. The molecule has 0 aliphatic heterocycles. The number of ether oxygens (including phenoxy) is 3. The van der Waals surface area contributed by atoms with Crippen LogP contribution in [0.25, 0.3) is 11.1 Å². The predicted octanol–water partition coefficient (Wildman–Crippen LogP) is 5.04. The number of amides is 1. The molecule has 1 N–H and O–H groups in total. The van der Waals surface area contributed by atoms with Crippen LogP contribution in [0, 0.1) is 10.1 Å². The maximum absolute atomic E-state index is 12.3. The molecule has 0 saturated carbocycles. The lowest BCUT2D eigenvalue weighted by molar-refractivity contribution is -0.384. The zero-order valence-corrected chi connectivity index (χ0v) is 18.3. The van der Waals surface area contributed by atoms with Crippen LogP contribution in [0.2, 0.25) is 0 Å². The normalized spacial score (nSPS) is 12.7. The van der Waals surface area contributed by atoms with E-state index in [1.54, 1.807) is 6.92 Å². The number of nitro groups is 1. The Labute approximate surface area is 195 Å². The van der Waals surface area contributed by atoms with E-state index < -0.39 is 23.2 Å². The van der Waals surface area contributed by atoms with Gasteiger partial charge in [-0.05, 0) is 41.3 Å². The lowest BCUT2D eigenvalue weighted by Crippen LogP contribution is -2.37. The molecule has 9 heteroatoms. The molecule has 3 aromatic rings. The topological polar surface area (TPSA) is 117 Å². The van der Waals surface area contributed by atoms with Gasteiger partial charge in [-0.3, -0.25) is 10.1 Å². The highest BCUT2D eigenvalue weighted by Crippen LogP contribution is 2.44. The standard InChI is InChI=1S/C25H22N2O7/c1-16(14-33-25(29)34-18-12-10-17(11-13-18)27(30)31)26-24(28)32-15-23-21-8-4-2-6-19(21)20-7-3-5-9-22(20)23/h2-13,16,23H,14-15H2,1H3,(H,26,28)/t16-/m1/s1. The van der Waals surface area contributed by atoms with E-state index in [2.05, 4.69) is 17.4 Å².